The van der Waals surface area contributed by atoms with Crippen LogP contribution in [0.1, 0.15) is 65.3 Å². The van der Waals surface area contributed by atoms with E-state index in [0.29, 0.717) is 36.9 Å². The van der Waals surface area contributed by atoms with Gasteiger partial charge >= 0.3 is 17.9 Å². The number of aliphatic hydroxyl groups is 2. The number of anilines is 1. The molecule has 4 rings (SSSR count). The van der Waals surface area contributed by atoms with Gasteiger partial charge in [-0.05, 0) is 27.2 Å². The number of amides is 1. The Morgan fingerprint density at radius 3 is 2.04 bits per heavy atom. The van der Waals surface area contributed by atoms with Crippen molar-refractivity contribution in [3.63, 3.8) is 0 Å². The van der Waals surface area contributed by atoms with Crippen LogP contribution in [-0.4, -0.2) is 91.1 Å². The van der Waals surface area contributed by atoms with Crippen LogP contribution in [0, 0.1) is 12.3 Å². The number of hydrogen-bond donors (Lipinski definition) is 4. The Morgan fingerprint density at radius 1 is 0.979 bits per heavy atom. The van der Waals surface area contributed by atoms with Crippen molar-refractivity contribution < 1.29 is 62.6 Å². The standard InChI is InChI=1S/C14H14N4O5.C7H9NO4.C4H6ClNO3.C3H4O/c1-2-21-14(20)10-5-8(23-18-10)6-22-13-9-3-4-11(19)17-12(9)15-7-16-13;1-2-11-7(10)6-3-5(4-9)12-8-6;1-2-9-4(7)3(5)6-8;1-2-3-4/h5,7H,2-4,6H2,1H3,(H,15,16,17,19);3,9H,2,4H2,1H3;8H,2H2,1H3;1,4H,3H2/b;;6-3-;. The van der Waals surface area contributed by atoms with Crippen LogP contribution in [0.15, 0.2) is 32.7 Å². The molecule has 260 valence electrons. The van der Waals surface area contributed by atoms with E-state index >= 15 is 0 Å². The van der Waals surface area contributed by atoms with Crippen molar-refractivity contribution in [2.24, 2.45) is 5.16 Å². The molecule has 0 radical (unpaired) electrons. The van der Waals surface area contributed by atoms with Crippen LogP contribution in [0.4, 0.5) is 5.82 Å². The van der Waals surface area contributed by atoms with Gasteiger partial charge in [0.15, 0.2) is 29.5 Å². The number of nitrogens with zero attached hydrogens (tertiary/aromatic N) is 5. The molecule has 4 heterocycles. The molecule has 0 aromatic carbocycles. The molecule has 3 aromatic rings. The second-order valence-electron chi connectivity index (χ2n) is 8.27. The summed E-state index contributed by atoms with van der Waals surface area (Å²) >= 11 is 5.02. The lowest BCUT2D eigenvalue weighted by molar-refractivity contribution is -0.134. The summed E-state index contributed by atoms with van der Waals surface area (Å²) < 4.78 is 29.0. The summed E-state index contributed by atoms with van der Waals surface area (Å²) in [7, 11) is 0. The molecule has 4 N–H and O–H groups in total. The maximum absolute atomic E-state index is 11.5. The third-order valence-electron chi connectivity index (χ3n) is 4.98. The number of terminal acetylenes is 1. The fourth-order valence-corrected chi connectivity index (χ4v) is 3.08. The van der Waals surface area contributed by atoms with Crippen molar-refractivity contribution in [3.8, 4) is 18.2 Å². The summed E-state index contributed by atoms with van der Waals surface area (Å²) in [4.78, 5) is 52.2. The van der Waals surface area contributed by atoms with E-state index in [1.807, 2.05) is 5.92 Å². The van der Waals surface area contributed by atoms with Crippen molar-refractivity contribution in [1.82, 2.24) is 20.3 Å². The average molecular weight is 697 g/mol. The molecule has 0 spiro atoms. The fraction of sp³-hybridized carbons (Fsp3) is 0.393. The minimum atomic E-state index is -0.818. The Hall–Kier alpha value is -5.58. The summed E-state index contributed by atoms with van der Waals surface area (Å²) in [5.41, 5.74) is 0.903. The zero-order chi connectivity index (χ0) is 35.9. The lowest BCUT2D eigenvalue weighted by Gasteiger charge is -2.17. The number of aromatic nitrogens is 4. The third-order valence-corrected chi connectivity index (χ3v) is 5.21. The number of carbonyl (C=O) groups is 4. The van der Waals surface area contributed by atoms with Crippen LogP contribution >= 0.6 is 11.6 Å². The molecule has 1 amide bonds. The number of rotatable bonds is 10. The highest BCUT2D eigenvalue weighted by Gasteiger charge is 2.21. The monoisotopic (exact) mass is 696 g/mol. The summed E-state index contributed by atoms with van der Waals surface area (Å²) in [5.74, 6) is 1.42. The quantitative estimate of drug-likeness (QED) is 0.0585. The zero-order valence-corrected chi connectivity index (χ0v) is 26.8. The van der Waals surface area contributed by atoms with Gasteiger partial charge in [-0.1, -0.05) is 33.0 Å². The smallest absolute Gasteiger partial charge is 0.372 e. The van der Waals surface area contributed by atoms with E-state index in [4.69, 9.17) is 41.0 Å². The molecule has 0 fully saturated rings. The van der Waals surface area contributed by atoms with Gasteiger partial charge in [0.05, 0.1) is 25.4 Å². The molecule has 48 heavy (non-hydrogen) atoms. The topological polar surface area (TPSA) is 268 Å². The molecule has 20 heteroatoms. The lowest BCUT2D eigenvalue weighted by atomic mass is 10.1. The molecule has 0 aliphatic carbocycles. The maximum atomic E-state index is 11.5. The van der Waals surface area contributed by atoms with Gasteiger partial charge in [0.1, 0.15) is 25.4 Å². The molecule has 0 bridgehead atoms. The second-order valence-corrected chi connectivity index (χ2v) is 8.63. The van der Waals surface area contributed by atoms with Crippen molar-refractivity contribution >= 4 is 46.4 Å². The number of oxime groups is 1. The first kappa shape index (κ1) is 40.4. The van der Waals surface area contributed by atoms with Crippen molar-refractivity contribution in [3.05, 3.63) is 46.9 Å². The van der Waals surface area contributed by atoms with Crippen molar-refractivity contribution in [1.29, 1.82) is 0 Å². The Morgan fingerprint density at radius 2 is 1.54 bits per heavy atom. The zero-order valence-electron chi connectivity index (χ0n) is 26.0. The van der Waals surface area contributed by atoms with E-state index in [2.05, 4.69) is 51.2 Å². The molecule has 0 saturated heterocycles. The molecule has 0 atom stereocenters. The molecule has 19 nitrogen and oxygen atoms in total. The van der Waals surface area contributed by atoms with Crippen LogP contribution in [0.3, 0.4) is 0 Å². The van der Waals surface area contributed by atoms with E-state index in [9.17, 15) is 19.2 Å². The highest BCUT2D eigenvalue weighted by atomic mass is 35.5. The highest BCUT2D eigenvalue weighted by molar-refractivity contribution is 6.81. The first-order valence-electron chi connectivity index (χ1n) is 13.8. The van der Waals surface area contributed by atoms with Crippen molar-refractivity contribution in [2.45, 2.75) is 46.8 Å². The van der Waals surface area contributed by atoms with Gasteiger partial charge in [0, 0.05) is 18.6 Å². The normalized spacial score (nSPS) is 11.3. The SMILES string of the molecule is C#CCO.CCOC(=O)/C(Cl)=N/O.CCOC(=O)c1cc(CO)on1.CCOC(=O)c1cc(COc2ncnc3c2CCC(=O)N3)on1. The Labute approximate surface area is 278 Å². The Balaban J connectivity index is 0.000000386. The number of carbonyl (C=O) groups excluding carboxylic acids is 4. The minimum absolute atomic E-state index is 0.0454. The van der Waals surface area contributed by atoms with Gasteiger partial charge in [-0.25, -0.2) is 24.4 Å². The average Bonchev–Trinajstić information content (AvgIpc) is 3.78. The van der Waals surface area contributed by atoms with Gasteiger partial charge in [-0.2, -0.15) is 0 Å². The van der Waals surface area contributed by atoms with Gasteiger partial charge in [0.25, 0.3) is 5.17 Å². The number of hydrogen-bond acceptors (Lipinski definition) is 18. The number of nitrogens with one attached hydrogen (secondary N) is 1. The largest absolute Gasteiger partial charge is 0.469 e. The molecule has 0 unspecified atom stereocenters. The van der Waals surface area contributed by atoms with E-state index in [1.54, 1.807) is 20.8 Å². The first-order chi connectivity index (χ1) is 23.1. The van der Waals surface area contributed by atoms with Crippen LogP contribution in [-0.2, 0) is 43.4 Å². The van der Waals surface area contributed by atoms with Crippen LogP contribution in [0.2, 0.25) is 0 Å². The summed E-state index contributed by atoms with van der Waals surface area (Å²) in [6.45, 7) is 5.42. The third kappa shape index (κ3) is 14.2. The summed E-state index contributed by atoms with van der Waals surface area (Å²) in [6.07, 6.45) is 6.69. The van der Waals surface area contributed by atoms with Gasteiger partial charge in [0.2, 0.25) is 11.8 Å². The number of aliphatic hydroxyl groups excluding tert-OH is 2. The lowest BCUT2D eigenvalue weighted by Crippen LogP contribution is -2.21. The maximum Gasteiger partial charge on any atom is 0.372 e. The molecule has 3 aromatic heterocycles. The van der Waals surface area contributed by atoms with E-state index in [1.165, 1.54) is 18.5 Å². The molecular formula is C28H33ClN6O13. The van der Waals surface area contributed by atoms with Crippen LogP contribution in [0.5, 0.6) is 5.88 Å². The predicted octanol–water partition coefficient (Wildman–Crippen LogP) is 1.64. The Bertz CT molecular complexity index is 1550. The second kappa shape index (κ2) is 22.8. The minimum Gasteiger partial charge on any atom is -0.469 e. The van der Waals surface area contributed by atoms with Gasteiger partial charge in [-0.15, -0.1) is 6.42 Å². The van der Waals surface area contributed by atoms with E-state index < -0.39 is 23.1 Å². The summed E-state index contributed by atoms with van der Waals surface area (Å²) in [5, 5.41) is 35.6. The van der Waals surface area contributed by atoms with E-state index in [0.717, 1.165) is 5.56 Å². The Kier molecular flexibility index (Phi) is 19.3. The first-order valence-corrected chi connectivity index (χ1v) is 14.2. The number of esters is 3. The number of ether oxygens (including phenoxy) is 4. The van der Waals surface area contributed by atoms with Crippen LogP contribution in [0.25, 0.3) is 0 Å². The highest BCUT2D eigenvalue weighted by Crippen LogP contribution is 2.27. The molecular weight excluding hydrogens is 664 g/mol. The van der Waals surface area contributed by atoms with Crippen LogP contribution < -0.4 is 10.1 Å². The fourth-order valence-electron chi connectivity index (χ4n) is 3.03. The molecule has 1 aliphatic rings. The molecule has 1 aliphatic heterocycles. The molecule has 0 saturated carbocycles. The van der Waals surface area contributed by atoms with Gasteiger partial charge in [-0.3, -0.25) is 4.79 Å². The predicted molar refractivity (Wildman–Crippen MR) is 162 cm³/mol. The van der Waals surface area contributed by atoms with Crippen molar-refractivity contribution in [2.75, 3.05) is 31.7 Å². The van der Waals surface area contributed by atoms with Gasteiger partial charge < -0.3 is 48.7 Å². The number of halogens is 1. The van der Waals surface area contributed by atoms with E-state index in [-0.39, 0.29) is 56.1 Å². The summed E-state index contributed by atoms with van der Waals surface area (Å²) in [6, 6.07) is 2.80. The number of fused-ring (bicyclic) bond motifs is 1.